The van der Waals surface area contributed by atoms with Gasteiger partial charge in [0.15, 0.2) is 10.9 Å². The van der Waals surface area contributed by atoms with Crippen molar-refractivity contribution in [2.45, 2.75) is 26.2 Å². The minimum atomic E-state index is -0.00371. The van der Waals surface area contributed by atoms with Crippen molar-refractivity contribution in [1.29, 1.82) is 0 Å². The van der Waals surface area contributed by atoms with Gasteiger partial charge in [0.1, 0.15) is 21.4 Å². The molecule has 0 spiro atoms. The van der Waals surface area contributed by atoms with E-state index in [0.29, 0.717) is 11.6 Å². The SMILES string of the molecule is CCCCC(=O)Nc1nc2c(nc(NC)c3ncn(C)c32)s1. The van der Waals surface area contributed by atoms with Crippen molar-refractivity contribution in [2.75, 3.05) is 17.7 Å². The fourth-order valence-corrected chi connectivity index (χ4v) is 3.19. The summed E-state index contributed by atoms with van der Waals surface area (Å²) in [6.45, 7) is 2.06. The molecule has 0 unspecified atom stereocenters. The van der Waals surface area contributed by atoms with Crippen molar-refractivity contribution in [3.63, 3.8) is 0 Å². The van der Waals surface area contributed by atoms with Crippen molar-refractivity contribution in [3.05, 3.63) is 6.33 Å². The molecule has 0 aliphatic rings. The third kappa shape index (κ3) is 2.50. The van der Waals surface area contributed by atoms with Gasteiger partial charge in [-0.1, -0.05) is 24.7 Å². The maximum absolute atomic E-state index is 11.9. The van der Waals surface area contributed by atoms with Crippen LogP contribution in [-0.2, 0) is 11.8 Å². The molecule has 0 atom stereocenters. The fourth-order valence-electron chi connectivity index (χ4n) is 2.33. The highest BCUT2D eigenvalue weighted by Gasteiger charge is 2.17. The normalized spacial score (nSPS) is 11.2. The maximum Gasteiger partial charge on any atom is 0.226 e. The highest BCUT2D eigenvalue weighted by Crippen LogP contribution is 2.32. The number of amides is 1. The molecule has 3 rings (SSSR count). The summed E-state index contributed by atoms with van der Waals surface area (Å²) in [5.74, 6) is 0.714. The molecule has 116 valence electrons. The molecule has 1 amide bonds. The quantitative estimate of drug-likeness (QED) is 0.755. The van der Waals surface area contributed by atoms with Gasteiger partial charge in [0, 0.05) is 20.5 Å². The number of carbonyl (C=O) groups is 1. The largest absolute Gasteiger partial charge is 0.371 e. The molecule has 8 heteroatoms. The highest BCUT2D eigenvalue weighted by molar-refractivity contribution is 7.22. The number of thiazole rings is 1. The number of hydrogen-bond acceptors (Lipinski definition) is 6. The average Bonchev–Trinajstić information content (AvgIpc) is 3.07. The van der Waals surface area contributed by atoms with Gasteiger partial charge in [-0.05, 0) is 6.42 Å². The first kappa shape index (κ1) is 14.7. The number of aromatic nitrogens is 4. The molecule has 7 nitrogen and oxygen atoms in total. The highest BCUT2D eigenvalue weighted by atomic mass is 32.1. The number of nitrogens with one attached hydrogen (secondary N) is 2. The van der Waals surface area contributed by atoms with Crippen molar-refractivity contribution in [3.8, 4) is 0 Å². The minimum absolute atomic E-state index is 0.00371. The van der Waals surface area contributed by atoms with Crippen LogP contribution in [-0.4, -0.2) is 32.5 Å². The Labute approximate surface area is 131 Å². The number of pyridine rings is 1. The number of rotatable bonds is 5. The first-order valence-corrected chi connectivity index (χ1v) is 8.04. The fraction of sp³-hybridized carbons (Fsp3) is 0.429. The van der Waals surface area contributed by atoms with E-state index in [1.807, 2.05) is 18.7 Å². The molecule has 3 aromatic heterocycles. The van der Waals surface area contributed by atoms with Gasteiger partial charge in [-0.2, -0.15) is 0 Å². The summed E-state index contributed by atoms with van der Waals surface area (Å²) in [4.78, 5) is 26.1. The monoisotopic (exact) mass is 318 g/mol. The number of aryl methyl sites for hydroxylation is 1. The van der Waals surface area contributed by atoms with E-state index in [1.165, 1.54) is 11.3 Å². The van der Waals surface area contributed by atoms with Crippen LogP contribution in [0.4, 0.5) is 10.9 Å². The number of unbranched alkanes of at least 4 members (excludes halogenated alkanes) is 1. The lowest BCUT2D eigenvalue weighted by molar-refractivity contribution is -0.116. The van der Waals surface area contributed by atoms with E-state index in [1.54, 1.807) is 6.33 Å². The number of imidazole rings is 1. The van der Waals surface area contributed by atoms with Crippen LogP contribution in [0.1, 0.15) is 26.2 Å². The lowest BCUT2D eigenvalue weighted by Gasteiger charge is -2.01. The number of carbonyl (C=O) groups excluding carboxylic acids is 1. The zero-order valence-corrected chi connectivity index (χ0v) is 13.6. The van der Waals surface area contributed by atoms with E-state index < -0.39 is 0 Å². The van der Waals surface area contributed by atoms with Gasteiger partial charge in [0.2, 0.25) is 5.91 Å². The first-order valence-electron chi connectivity index (χ1n) is 7.23. The van der Waals surface area contributed by atoms with E-state index >= 15 is 0 Å². The minimum Gasteiger partial charge on any atom is -0.371 e. The summed E-state index contributed by atoms with van der Waals surface area (Å²) in [6.07, 6.45) is 4.13. The third-order valence-corrected chi connectivity index (χ3v) is 4.31. The first-order chi connectivity index (χ1) is 10.6. The number of hydrogen-bond donors (Lipinski definition) is 2. The Morgan fingerprint density at radius 2 is 2.18 bits per heavy atom. The Kier molecular flexibility index (Phi) is 3.93. The van der Waals surface area contributed by atoms with Gasteiger partial charge in [-0.15, -0.1) is 0 Å². The molecular formula is C14H18N6OS. The predicted octanol–water partition coefficient (Wildman–Crippen LogP) is 2.75. The van der Waals surface area contributed by atoms with Crippen molar-refractivity contribution in [2.24, 2.45) is 7.05 Å². The van der Waals surface area contributed by atoms with Crippen LogP contribution < -0.4 is 10.6 Å². The number of anilines is 2. The maximum atomic E-state index is 11.9. The van der Waals surface area contributed by atoms with Gasteiger partial charge in [-0.3, -0.25) is 4.79 Å². The van der Waals surface area contributed by atoms with E-state index in [0.717, 1.165) is 40.0 Å². The van der Waals surface area contributed by atoms with E-state index in [-0.39, 0.29) is 5.91 Å². The van der Waals surface area contributed by atoms with Crippen LogP contribution in [0.5, 0.6) is 0 Å². The van der Waals surface area contributed by atoms with Gasteiger partial charge < -0.3 is 15.2 Å². The Balaban J connectivity index is 2.04. The van der Waals surface area contributed by atoms with Crippen molar-refractivity contribution in [1.82, 2.24) is 19.5 Å². The van der Waals surface area contributed by atoms with Gasteiger partial charge in [-0.25, -0.2) is 15.0 Å². The Morgan fingerprint density at radius 3 is 2.91 bits per heavy atom. The second-order valence-electron chi connectivity index (χ2n) is 5.09. The molecule has 0 radical (unpaired) electrons. The van der Waals surface area contributed by atoms with E-state index in [4.69, 9.17) is 0 Å². The molecule has 22 heavy (non-hydrogen) atoms. The number of nitrogens with zero attached hydrogens (tertiary/aromatic N) is 4. The molecule has 0 aromatic carbocycles. The summed E-state index contributed by atoms with van der Waals surface area (Å²) in [5.41, 5.74) is 2.47. The van der Waals surface area contributed by atoms with Crippen LogP contribution in [0.15, 0.2) is 6.33 Å². The summed E-state index contributed by atoms with van der Waals surface area (Å²) >= 11 is 1.38. The van der Waals surface area contributed by atoms with E-state index in [9.17, 15) is 4.79 Å². The third-order valence-electron chi connectivity index (χ3n) is 3.45. The summed E-state index contributed by atoms with van der Waals surface area (Å²) in [5, 5.41) is 6.50. The van der Waals surface area contributed by atoms with Gasteiger partial charge in [0.05, 0.1) is 6.33 Å². The second-order valence-corrected chi connectivity index (χ2v) is 6.07. The molecule has 2 N–H and O–H groups in total. The average molecular weight is 318 g/mol. The molecule has 3 heterocycles. The standard InChI is InChI=1S/C14H18N6OS/c1-4-5-6-8(21)17-14-18-10-11-9(16-7-20(11)3)12(15-2)19-13(10)22-14/h7H,4-6H2,1-3H3,(H,15,19)(H,17,18,21). The lowest BCUT2D eigenvalue weighted by Crippen LogP contribution is -2.10. The summed E-state index contributed by atoms with van der Waals surface area (Å²) < 4.78 is 1.92. The van der Waals surface area contributed by atoms with Crippen LogP contribution in [0, 0.1) is 0 Å². The van der Waals surface area contributed by atoms with Crippen molar-refractivity contribution >= 4 is 49.6 Å². The Hall–Kier alpha value is -2.22. The molecule has 0 saturated carbocycles. The number of fused-ring (bicyclic) bond motifs is 3. The molecular weight excluding hydrogens is 300 g/mol. The molecule has 0 fully saturated rings. The van der Waals surface area contributed by atoms with Crippen LogP contribution >= 0.6 is 11.3 Å². The molecule has 0 aliphatic heterocycles. The summed E-state index contributed by atoms with van der Waals surface area (Å²) in [7, 11) is 3.74. The zero-order chi connectivity index (χ0) is 15.7. The second kappa shape index (κ2) is 5.88. The Morgan fingerprint density at radius 1 is 1.36 bits per heavy atom. The van der Waals surface area contributed by atoms with Crippen molar-refractivity contribution < 1.29 is 4.79 Å². The summed E-state index contributed by atoms with van der Waals surface area (Å²) in [6, 6.07) is 0. The predicted molar refractivity (Wildman–Crippen MR) is 89.4 cm³/mol. The Bertz CT molecular complexity index is 837. The molecule has 3 aromatic rings. The molecule has 0 saturated heterocycles. The molecule has 0 bridgehead atoms. The van der Waals surface area contributed by atoms with Gasteiger partial charge >= 0.3 is 0 Å². The van der Waals surface area contributed by atoms with Crippen LogP contribution in [0.2, 0.25) is 0 Å². The lowest BCUT2D eigenvalue weighted by atomic mass is 10.2. The van der Waals surface area contributed by atoms with Crippen LogP contribution in [0.3, 0.4) is 0 Å². The topological polar surface area (TPSA) is 84.7 Å². The van der Waals surface area contributed by atoms with E-state index in [2.05, 4.69) is 32.5 Å². The molecule has 0 aliphatic carbocycles. The zero-order valence-electron chi connectivity index (χ0n) is 12.8. The smallest absolute Gasteiger partial charge is 0.226 e. The van der Waals surface area contributed by atoms with Crippen LogP contribution in [0.25, 0.3) is 21.4 Å². The van der Waals surface area contributed by atoms with Gasteiger partial charge in [0.25, 0.3) is 0 Å².